The Hall–Kier alpha value is -1.18. The molecule has 0 unspecified atom stereocenters. The number of aromatic nitrogens is 1. The van der Waals surface area contributed by atoms with Crippen LogP contribution in [0.1, 0.15) is 18.4 Å². The number of halogens is 2. The number of sulfonamides is 1. The van der Waals surface area contributed by atoms with Crippen LogP contribution in [-0.4, -0.2) is 37.9 Å². The zero-order chi connectivity index (χ0) is 18.6. The second kappa shape index (κ2) is 8.67. The highest BCUT2D eigenvalue weighted by Crippen LogP contribution is 2.25. The highest BCUT2D eigenvalue weighted by molar-refractivity contribution is 7.89. The smallest absolute Gasteiger partial charge is 0.242 e. The molecule has 5 nitrogen and oxygen atoms in total. The van der Waals surface area contributed by atoms with Crippen LogP contribution in [0, 0.1) is 5.92 Å². The topological polar surface area (TPSA) is 62.3 Å². The van der Waals surface area contributed by atoms with Gasteiger partial charge in [0.2, 0.25) is 10.0 Å². The summed E-state index contributed by atoms with van der Waals surface area (Å²) in [4.78, 5) is 6.45. The molecule has 2 aromatic rings. The van der Waals surface area contributed by atoms with Crippen molar-refractivity contribution in [2.75, 3.05) is 19.6 Å². The van der Waals surface area contributed by atoms with E-state index in [1.54, 1.807) is 18.5 Å². The number of benzene rings is 1. The van der Waals surface area contributed by atoms with Crippen molar-refractivity contribution in [1.82, 2.24) is 14.6 Å². The van der Waals surface area contributed by atoms with E-state index in [1.807, 2.05) is 12.1 Å². The normalized spacial score (nSPS) is 16.7. The average Bonchev–Trinajstić information content (AvgIpc) is 2.64. The van der Waals surface area contributed by atoms with Crippen LogP contribution in [-0.2, 0) is 16.6 Å². The van der Waals surface area contributed by atoms with Crippen LogP contribution in [0.4, 0.5) is 0 Å². The van der Waals surface area contributed by atoms with Crippen molar-refractivity contribution in [2.24, 2.45) is 5.92 Å². The third-order valence-corrected chi connectivity index (χ3v) is 6.75. The second-order valence-corrected chi connectivity index (χ2v) is 9.08. The SMILES string of the molecule is O=S(=O)(NCC1CCN(Cc2ccncc2)CC1)c1cc(Cl)ccc1Cl. The van der Waals surface area contributed by atoms with Crippen LogP contribution in [0.5, 0.6) is 0 Å². The Morgan fingerprint density at radius 2 is 1.81 bits per heavy atom. The van der Waals surface area contributed by atoms with Crippen LogP contribution in [0.2, 0.25) is 10.0 Å². The monoisotopic (exact) mass is 413 g/mol. The predicted octanol–water partition coefficient (Wildman–Crippen LogP) is 3.58. The van der Waals surface area contributed by atoms with E-state index in [-0.39, 0.29) is 9.92 Å². The van der Waals surface area contributed by atoms with E-state index in [1.165, 1.54) is 17.7 Å². The van der Waals surface area contributed by atoms with E-state index in [2.05, 4.69) is 14.6 Å². The van der Waals surface area contributed by atoms with Crippen molar-refractivity contribution < 1.29 is 8.42 Å². The lowest BCUT2D eigenvalue weighted by Gasteiger charge is -2.32. The first-order valence-electron chi connectivity index (χ1n) is 8.50. The fraction of sp³-hybridized carbons (Fsp3) is 0.389. The van der Waals surface area contributed by atoms with E-state index >= 15 is 0 Å². The Balaban J connectivity index is 1.51. The quantitative estimate of drug-likeness (QED) is 0.785. The molecule has 0 aliphatic carbocycles. The Morgan fingerprint density at radius 3 is 2.50 bits per heavy atom. The molecule has 1 aromatic heterocycles. The first-order chi connectivity index (χ1) is 12.4. The number of rotatable bonds is 6. The summed E-state index contributed by atoms with van der Waals surface area (Å²) >= 11 is 11.9. The molecular formula is C18H21Cl2N3O2S. The van der Waals surface area contributed by atoms with Gasteiger partial charge < -0.3 is 0 Å². The van der Waals surface area contributed by atoms with E-state index in [0.717, 1.165) is 32.5 Å². The van der Waals surface area contributed by atoms with Gasteiger partial charge >= 0.3 is 0 Å². The van der Waals surface area contributed by atoms with Gasteiger partial charge in [-0.05, 0) is 67.7 Å². The lowest BCUT2D eigenvalue weighted by molar-refractivity contribution is 0.178. The van der Waals surface area contributed by atoms with Gasteiger partial charge in [-0.1, -0.05) is 23.2 Å². The lowest BCUT2D eigenvalue weighted by atomic mass is 9.97. The number of piperidine rings is 1. The molecule has 8 heteroatoms. The summed E-state index contributed by atoms with van der Waals surface area (Å²) in [6, 6.07) is 8.49. The van der Waals surface area contributed by atoms with Gasteiger partial charge in [-0.3, -0.25) is 9.88 Å². The highest BCUT2D eigenvalue weighted by atomic mass is 35.5. The van der Waals surface area contributed by atoms with E-state index in [4.69, 9.17) is 23.2 Å². The molecule has 140 valence electrons. The van der Waals surface area contributed by atoms with Crippen molar-refractivity contribution in [3.63, 3.8) is 0 Å². The van der Waals surface area contributed by atoms with Gasteiger partial charge in [-0.15, -0.1) is 0 Å². The van der Waals surface area contributed by atoms with E-state index in [9.17, 15) is 8.42 Å². The van der Waals surface area contributed by atoms with Gasteiger partial charge in [0.1, 0.15) is 4.90 Å². The van der Waals surface area contributed by atoms with Crippen molar-refractivity contribution in [3.8, 4) is 0 Å². The molecule has 0 spiro atoms. The van der Waals surface area contributed by atoms with Crippen LogP contribution >= 0.6 is 23.2 Å². The molecule has 2 heterocycles. The van der Waals surface area contributed by atoms with Crippen LogP contribution in [0.3, 0.4) is 0 Å². The van der Waals surface area contributed by atoms with Crippen molar-refractivity contribution in [3.05, 3.63) is 58.3 Å². The molecular weight excluding hydrogens is 393 g/mol. The molecule has 0 radical (unpaired) electrons. The summed E-state index contributed by atoms with van der Waals surface area (Å²) in [6.45, 7) is 3.21. The first kappa shape index (κ1) is 19.6. The zero-order valence-electron chi connectivity index (χ0n) is 14.2. The van der Waals surface area contributed by atoms with Crippen molar-refractivity contribution in [1.29, 1.82) is 0 Å². The first-order valence-corrected chi connectivity index (χ1v) is 10.7. The molecule has 1 N–H and O–H groups in total. The fourth-order valence-electron chi connectivity index (χ4n) is 3.08. The Morgan fingerprint density at radius 1 is 1.12 bits per heavy atom. The highest BCUT2D eigenvalue weighted by Gasteiger charge is 2.23. The van der Waals surface area contributed by atoms with E-state index in [0.29, 0.717) is 17.5 Å². The van der Waals surface area contributed by atoms with Gasteiger partial charge in [0.15, 0.2) is 0 Å². The third-order valence-electron chi connectivity index (χ3n) is 4.61. The molecule has 0 bridgehead atoms. The maximum Gasteiger partial charge on any atom is 0.242 e. The standard InChI is InChI=1S/C18H21Cl2N3O2S/c19-16-1-2-17(20)18(11-16)26(24,25)22-12-14-5-9-23(10-6-14)13-15-3-7-21-8-4-15/h1-4,7-8,11,14,22H,5-6,9-10,12-13H2. The fourth-order valence-corrected chi connectivity index (χ4v) is 4.96. The summed E-state index contributed by atoms with van der Waals surface area (Å²) in [5.41, 5.74) is 1.25. The summed E-state index contributed by atoms with van der Waals surface area (Å²) in [6.07, 6.45) is 5.52. The van der Waals surface area contributed by atoms with Gasteiger partial charge in [-0.2, -0.15) is 0 Å². The van der Waals surface area contributed by atoms with Gasteiger partial charge in [-0.25, -0.2) is 13.1 Å². The minimum atomic E-state index is -3.66. The van der Waals surface area contributed by atoms with Crippen molar-refractivity contribution in [2.45, 2.75) is 24.3 Å². The Labute approximate surface area is 164 Å². The van der Waals surface area contributed by atoms with Crippen LogP contribution in [0.25, 0.3) is 0 Å². The number of hydrogen-bond acceptors (Lipinski definition) is 4. The maximum absolute atomic E-state index is 12.5. The molecule has 1 aromatic carbocycles. The van der Waals surface area contributed by atoms with Crippen LogP contribution < -0.4 is 4.72 Å². The molecule has 0 atom stereocenters. The summed E-state index contributed by atoms with van der Waals surface area (Å²) in [7, 11) is -3.66. The lowest BCUT2D eigenvalue weighted by Crippen LogP contribution is -2.38. The van der Waals surface area contributed by atoms with Crippen LogP contribution in [0.15, 0.2) is 47.6 Å². The number of hydrogen-bond donors (Lipinski definition) is 1. The van der Waals surface area contributed by atoms with Crippen molar-refractivity contribution >= 4 is 33.2 Å². The molecule has 1 aliphatic rings. The van der Waals surface area contributed by atoms with Gasteiger partial charge in [0.05, 0.1) is 5.02 Å². The Bertz CT molecular complexity index is 839. The molecule has 1 saturated heterocycles. The second-order valence-electron chi connectivity index (χ2n) is 6.50. The number of nitrogens with one attached hydrogen (secondary N) is 1. The van der Waals surface area contributed by atoms with Gasteiger partial charge in [0, 0.05) is 30.5 Å². The third kappa shape index (κ3) is 5.18. The minimum Gasteiger partial charge on any atom is -0.299 e. The molecule has 26 heavy (non-hydrogen) atoms. The predicted molar refractivity (Wildman–Crippen MR) is 104 cm³/mol. The zero-order valence-corrected chi connectivity index (χ0v) is 16.6. The minimum absolute atomic E-state index is 0.0294. The molecule has 1 aliphatic heterocycles. The molecule has 3 rings (SSSR count). The van der Waals surface area contributed by atoms with E-state index < -0.39 is 10.0 Å². The number of likely N-dealkylation sites (tertiary alicyclic amines) is 1. The molecule has 0 amide bonds. The molecule has 1 fully saturated rings. The largest absolute Gasteiger partial charge is 0.299 e. The molecule has 0 saturated carbocycles. The summed E-state index contributed by atoms with van der Waals surface area (Å²) in [5.74, 6) is 0.316. The van der Waals surface area contributed by atoms with Gasteiger partial charge in [0.25, 0.3) is 0 Å². The number of pyridine rings is 1. The average molecular weight is 414 g/mol. The number of nitrogens with zero attached hydrogens (tertiary/aromatic N) is 2. The summed E-state index contributed by atoms with van der Waals surface area (Å²) in [5, 5.41) is 0.522. The Kier molecular flexibility index (Phi) is 6.53. The summed E-state index contributed by atoms with van der Waals surface area (Å²) < 4.78 is 27.6. The maximum atomic E-state index is 12.5.